The highest BCUT2D eigenvalue weighted by molar-refractivity contribution is 9.10. The predicted molar refractivity (Wildman–Crippen MR) is 117 cm³/mol. The van der Waals surface area contributed by atoms with Gasteiger partial charge in [0.15, 0.2) is 0 Å². The Morgan fingerprint density at radius 1 is 1.23 bits per heavy atom. The van der Waals surface area contributed by atoms with Crippen molar-refractivity contribution in [1.82, 2.24) is 0 Å². The average molecular weight is 493 g/mol. The van der Waals surface area contributed by atoms with Gasteiger partial charge in [-0.3, -0.25) is 4.79 Å². The molecule has 166 valence electrons. The third-order valence-electron chi connectivity index (χ3n) is 4.99. The van der Waals surface area contributed by atoms with Crippen molar-refractivity contribution in [2.75, 3.05) is 11.9 Å². The highest BCUT2D eigenvalue weighted by Gasteiger charge is 2.62. The van der Waals surface area contributed by atoms with Crippen molar-refractivity contribution in [2.24, 2.45) is 5.73 Å². The van der Waals surface area contributed by atoms with Crippen LogP contribution in [0.3, 0.4) is 0 Å². The summed E-state index contributed by atoms with van der Waals surface area (Å²) < 4.78 is 17.1. The van der Waals surface area contributed by atoms with E-state index >= 15 is 0 Å². The van der Waals surface area contributed by atoms with Crippen molar-refractivity contribution in [3.05, 3.63) is 51.0 Å². The number of benzene rings is 1. The molecule has 2 heterocycles. The fourth-order valence-electron chi connectivity index (χ4n) is 3.92. The molecule has 0 aliphatic carbocycles. The Kier molecular flexibility index (Phi) is 6.45. The Hall–Kier alpha value is -2.81. The maximum absolute atomic E-state index is 13.6. The smallest absolute Gasteiger partial charge is 0.341 e. The van der Waals surface area contributed by atoms with Crippen LogP contribution in [-0.4, -0.2) is 30.6 Å². The van der Waals surface area contributed by atoms with Gasteiger partial charge in [0.05, 0.1) is 12.7 Å². The van der Waals surface area contributed by atoms with Crippen molar-refractivity contribution in [3.63, 3.8) is 0 Å². The van der Waals surface area contributed by atoms with Crippen LogP contribution in [0.2, 0.25) is 0 Å². The van der Waals surface area contributed by atoms with E-state index in [1.165, 1.54) is 0 Å². The van der Waals surface area contributed by atoms with Gasteiger partial charge < -0.3 is 25.3 Å². The van der Waals surface area contributed by atoms with Gasteiger partial charge in [-0.2, -0.15) is 0 Å². The highest BCUT2D eigenvalue weighted by Crippen LogP contribution is 2.53. The number of halogens is 1. The van der Waals surface area contributed by atoms with Gasteiger partial charge in [-0.15, -0.1) is 0 Å². The van der Waals surface area contributed by atoms with E-state index in [1.807, 2.05) is 6.92 Å². The fourth-order valence-corrected chi connectivity index (χ4v) is 4.29. The molecule has 0 fully saturated rings. The normalized spacial score (nSPS) is 20.0. The molecule has 0 radical (unpaired) electrons. The lowest BCUT2D eigenvalue weighted by Crippen LogP contribution is -2.49. The van der Waals surface area contributed by atoms with Crippen LogP contribution in [0.4, 0.5) is 5.69 Å². The lowest BCUT2D eigenvalue weighted by Gasteiger charge is -2.36. The summed E-state index contributed by atoms with van der Waals surface area (Å²) in [6, 6.07) is 5.11. The summed E-state index contributed by atoms with van der Waals surface area (Å²) >= 11 is 3.41. The molecule has 2 aliphatic heterocycles. The van der Waals surface area contributed by atoms with Crippen LogP contribution in [0.15, 0.2) is 45.5 Å². The van der Waals surface area contributed by atoms with Crippen LogP contribution in [0.25, 0.3) is 0 Å². The summed E-state index contributed by atoms with van der Waals surface area (Å²) in [4.78, 5) is 40.0. The van der Waals surface area contributed by atoms with Gasteiger partial charge in [0.25, 0.3) is 0 Å². The summed E-state index contributed by atoms with van der Waals surface area (Å²) in [5.41, 5.74) is 4.90. The minimum Gasteiger partial charge on any atom is -0.462 e. The van der Waals surface area contributed by atoms with Crippen LogP contribution >= 0.6 is 15.9 Å². The SMILES string of the molecule is CCCC1=C(C(=O)OCC)C2(C(=O)Nc3ccc(Br)cc32)C(C(=O)OC(C)C)=C(N)O1. The third-order valence-corrected chi connectivity index (χ3v) is 5.48. The summed E-state index contributed by atoms with van der Waals surface area (Å²) in [5.74, 6) is -2.27. The van der Waals surface area contributed by atoms with Gasteiger partial charge in [-0.1, -0.05) is 22.9 Å². The van der Waals surface area contributed by atoms with Crippen molar-refractivity contribution in [1.29, 1.82) is 0 Å². The Balaban J connectivity index is 2.41. The molecule has 1 aromatic rings. The fraction of sp³-hybridized carbons (Fsp3) is 0.409. The van der Waals surface area contributed by atoms with E-state index < -0.39 is 29.4 Å². The second-order valence-corrected chi connectivity index (χ2v) is 8.37. The van der Waals surface area contributed by atoms with Crippen LogP contribution in [0.5, 0.6) is 0 Å². The molecule has 1 spiro atoms. The molecule has 0 saturated heterocycles. The molecule has 0 bridgehead atoms. The number of nitrogens with one attached hydrogen (secondary N) is 1. The Bertz CT molecular complexity index is 1010. The maximum Gasteiger partial charge on any atom is 0.341 e. The quantitative estimate of drug-likeness (QED) is 0.584. The minimum atomic E-state index is -1.86. The molecule has 3 N–H and O–H groups in total. The number of carbonyl (C=O) groups is 3. The number of amides is 1. The zero-order chi connectivity index (χ0) is 22.9. The maximum atomic E-state index is 13.6. The second-order valence-electron chi connectivity index (χ2n) is 7.46. The number of nitrogens with two attached hydrogens (primary N) is 1. The largest absolute Gasteiger partial charge is 0.462 e. The third kappa shape index (κ3) is 3.71. The van der Waals surface area contributed by atoms with Crippen molar-refractivity contribution < 1.29 is 28.6 Å². The molecular formula is C22H25BrN2O6. The molecule has 2 aliphatic rings. The molecule has 1 unspecified atom stereocenters. The average Bonchev–Trinajstić information content (AvgIpc) is 2.93. The van der Waals surface area contributed by atoms with E-state index in [4.69, 9.17) is 19.9 Å². The predicted octanol–water partition coefficient (Wildman–Crippen LogP) is 3.41. The minimum absolute atomic E-state index is 0.0598. The monoisotopic (exact) mass is 492 g/mol. The standard InChI is InChI=1S/C22H25BrN2O6/c1-5-7-15-16(19(26)29-6-2)22(17(18(24)31-15)20(27)30-11(3)4)13-10-12(23)8-9-14(13)25-21(22)28/h8-11H,5-7,24H2,1-4H3,(H,25,28). The lowest BCUT2D eigenvalue weighted by molar-refractivity contribution is -0.145. The van der Waals surface area contributed by atoms with E-state index in [9.17, 15) is 14.4 Å². The first-order valence-corrected chi connectivity index (χ1v) is 10.9. The molecule has 1 atom stereocenters. The molecule has 1 aromatic carbocycles. The Morgan fingerprint density at radius 2 is 1.94 bits per heavy atom. The molecule has 0 saturated carbocycles. The molecule has 8 nitrogen and oxygen atoms in total. The van der Waals surface area contributed by atoms with Crippen LogP contribution in [0.1, 0.15) is 46.1 Å². The van der Waals surface area contributed by atoms with Crippen LogP contribution < -0.4 is 11.1 Å². The van der Waals surface area contributed by atoms with Gasteiger partial charge in [0.2, 0.25) is 11.8 Å². The number of anilines is 1. The molecular weight excluding hydrogens is 468 g/mol. The Labute approximate surface area is 188 Å². The number of hydrogen-bond acceptors (Lipinski definition) is 7. The van der Waals surface area contributed by atoms with Crippen molar-refractivity contribution >= 4 is 39.5 Å². The molecule has 1 amide bonds. The van der Waals surface area contributed by atoms with Gasteiger partial charge >= 0.3 is 11.9 Å². The van der Waals surface area contributed by atoms with E-state index in [-0.39, 0.29) is 29.4 Å². The lowest BCUT2D eigenvalue weighted by atomic mass is 9.67. The molecule has 9 heteroatoms. The summed E-state index contributed by atoms with van der Waals surface area (Å²) in [6.45, 7) is 6.98. The summed E-state index contributed by atoms with van der Waals surface area (Å²) in [7, 11) is 0. The second kappa shape index (κ2) is 8.74. The number of hydrogen-bond donors (Lipinski definition) is 2. The van der Waals surface area contributed by atoms with Crippen LogP contribution in [0, 0.1) is 0 Å². The van der Waals surface area contributed by atoms with E-state index in [2.05, 4.69) is 21.2 Å². The van der Waals surface area contributed by atoms with E-state index in [1.54, 1.807) is 39.0 Å². The van der Waals surface area contributed by atoms with Crippen LogP contribution in [-0.2, 0) is 34.0 Å². The molecule has 3 rings (SSSR count). The number of ether oxygens (including phenoxy) is 3. The van der Waals surface area contributed by atoms with Gasteiger partial charge in [-0.05, 0) is 45.4 Å². The number of esters is 2. The van der Waals surface area contributed by atoms with Crippen molar-refractivity contribution in [3.8, 4) is 0 Å². The highest BCUT2D eigenvalue weighted by atomic mass is 79.9. The number of fused-ring (bicyclic) bond motifs is 2. The number of allylic oxidation sites excluding steroid dienone is 1. The number of rotatable bonds is 6. The molecule has 0 aromatic heterocycles. The first-order chi connectivity index (χ1) is 14.7. The van der Waals surface area contributed by atoms with E-state index in [0.29, 0.717) is 28.6 Å². The topological polar surface area (TPSA) is 117 Å². The number of carbonyl (C=O) groups excluding carboxylic acids is 3. The first-order valence-electron chi connectivity index (χ1n) is 10.1. The first kappa shape index (κ1) is 22.9. The zero-order valence-electron chi connectivity index (χ0n) is 17.8. The van der Waals surface area contributed by atoms with Gasteiger partial charge in [0, 0.05) is 22.1 Å². The zero-order valence-corrected chi connectivity index (χ0v) is 19.4. The summed E-state index contributed by atoms with van der Waals surface area (Å²) in [6.07, 6.45) is 0.448. The van der Waals surface area contributed by atoms with Gasteiger partial charge in [0.1, 0.15) is 22.3 Å². The van der Waals surface area contributed by atoms with E-state index in [0.717, 1.165) is 0 Å². The molecule has 31 heavy (non-hydrogen) atoms. The van der Waals surface area contributed by atoms with Gasteiger partial charge in [-0.25, -0.2) is 9.59 Å². The van der Waals surface area contributed by atoms with Crippen molar-refractivity contribution in [2.45, 2.75) is 52.1 Å². The summed E-state index contributed by atoms with van der Waals surface area (Å²) in [5, 5.41) is 2.78. The Morgan fingerprint density at radius 3 is 2.55 bits per heavy atom.